The van der Waals surface area contributed by atoms with Crippen LogP contribution < -0.4 is 0 Å². The SMILES string of the molecule is CN(CCCCCO)C(=O)Cc1ccc(F)cc1F. The number of likely N-dealkylation sites (N-methyl/N-ethyl adjacent to an activating group) is 1. The second kappa shape index (κ2) is 7.84. The Balaban J connectivity index is 2.45. The van der Waals surface area contributed by atoms with Crippen LogP contribution in [0.1, 0.15) is 24.8 Å². The maximum absolute atomic E-state index is 13.4. The van der Waals surface area contributed by atoms with E-state index in [1.807, 2.05) is 0 Å². The fourth-order valence-electron chi connectivity index (χ4n) is 1.73. The predicted octanol–water partition coefficient (Wildman–Crippen LogP) is 2.13. The molecular weight excluding hydrogens is 252 g/mol. The van der Waals surface area contributed by atoms with E-state index >= 15 is 0 Å². The van der Waals surface area contributed by atoms with Crippen LogP contribution in [0.4, 0.5) is 8.78 Å². The zero-order valence-electron chi connectivity index (χ0n) is 11.0. The standard InChI is InChI=1S/C14H19F2NO2/c1-17(7-3-2-4-8-18)14(19)9-11-5-6-12(15)10-13(11)16/h5-6,10,18H,2-4,7-9H2,1H3. The normalized spacial score (nSPS) is 10.5. The van der Waals surface area contributed by atoms with E-state index in [0.29, 0.717) is 13.0 Å². The molecule has 0 aromatic heterocycles. The van der Waals surface area contributed by atoms with Crippen LogP contribution >= 0.6 is 0 Å². The molecule has 1 N–H and O–H groups in total. The van der Waals surface area contributed by atoms with Crippen LogP contribution in [0.25, 0.3) is 0 Å². The Hall–Kier alpha value is -1.49. The van der Waals surface area contributed by atoms with Gasteiger partial charge in [0.15, 0.2) is 0 Å². The zero-order valence-corrected chi connectivity index (χ0v) is 11.0. The zero-order chi connectivity index (χ0) is 14.3. The number of unbranched alkanes of at least 4 members (excludes halogenated alkanes) is 2. The van der Waals surface area contributed by atoms with E-state index in [-0.39, 0.29) is 24.5 Å². The monoisotopic (exact) mass is 271 g/mol. The number of halogens is 2. The number of benzene rings is 1. The van der Waals surface area contributed by atoms with Crippen molar-refractivity contribution in [3.05, 3.63) is 35.4 Å². The van der Waals surface area contributed by atoms with Gasteiger partial charge in [0.1, 0.15) is 11.6 Å². The van der Waals surface area contributed by atoms with Crippen molar-refractivity contribution in [2.24, 2.45) is 0 Å². The molecule has 1 aromatic rings. The number of carbonyl (C=O) groups excluding carboxylic acids is 1. The highest BCUT2D eigenvalue weighted by molar-refractivity contribution is 5.78. The summed E-state index contributed by atoms with van der Waals surface area (Å²) in [7, 11) is 1.66. The minimum absolute atomic E-state index is 0.0669. The van der Waals surface area contributed by atoms with Gasteiger partial charge < -0.3 is 10.0 Å². The summed E-state index contributed by atoms with van der Waals surface area (Å²) in [5.74, 6) is -1.54. The molecular formula is C14H19F2NO2. The van der Waals surface area contributed by atoms with Gasteiger partial charge >= 0.3 is 0 Å². The molecule has 5 heteroatoms. The van der Waals surface area contributed by atoms with Gasteiger partial charge in [-0.05, 0) is 30.9 Å². The van der Waals surface area contributed by atoms with Crippen molar-refractivity contribution in [2.45, 2.75) is 25.7 Å². The first-order valence-corrected chi connectivity index (χ1v) is 6.33. The summed E-state index contributed by atoms with van der Waals surface area (Å²) < 4.78 is 26.1. The topological polar surface area (TPSA) is 40.5 Å². The van der Waals surface area contributed by atoms with Gasteiger partial charge in [-0.15, -0.1) is 0 Å². The Morgan fingerprint density at radius 2 is 2.00 bits per heavy atom. The smallest absolute Gasteiger partial charge is 0.226 e. The average Bonchev–Trinajstić information content (AvgIpc) is 2.37. The second-order valence-corrected chi connectivity index (χ2v) is 4.51. The molecule has 0 aliphatic rings. The van der Waals surface area contributed by atoms with Crippen molar-refractivity contribution >= 4 is 5.91 Å². The van der Waals surface area contributed by atoms with Gasteiger partial charge in [-0.2, -0.15) is 0 Å². The maximum atomic E-state index is 13.4. The summed E-state index contributed by atoms with van der Waals surface area (Å²) in [5, 5.41) is 8.64. The maximum Gasteiger partial charge on any atom is 0.226 e. The molecule has 0 aliphatic heterocycles. The highest BCUT2D eigenvalue weighted by Crippen LogP contribution is 2.11. The van der Waals surface area contributed by atoms with Gasteiger partial charge in [-0.25, -0.2) is 8.78 Å². The number of amides is 1. The summed E-state index contributed by atoms with van der Waals surface area (Å²) in [6.45, 7) is 0.722. The quantitative estimate of drug-likeness (QED) is 0.772. The van der Waals surface area contributed by atoms with Crippen molar-refractivity contribution in [3.63, 3.8) is 0 Å². The van der Waals surface area contributed by atoms with E-state index in [4.69, 9.17) is 5.11 Å². The highest BCUT2D eigenvalue weighted by Gasteiger charge is 2.12. The van der Waals surface area contributed by atoms with E-state index in [1.165, 1.54) is 11.0 Å². The first-order chi connectivity index (χ1) is 9.04. The van der Waals surface area contributed by atoms with Crippen LogP contribution in [0.2, 0.25) is 0 Å². The Bertz CT molecular complexity index is 424. The predicted molar refractivity (Wildman–Crippen MR) is 68.6 cm³/mol. The first-order valence-electron chi connectivity index (χ1n) is 6.33. The number of hydrogen-bond acceptors (Lipinski definition) is 2. The van der Waals surface area contributed by atoms with Gasteiger partial charge in [0, 0.05) is 26.3 Å². The Morgan fingerprint density at radius 3 is 2.63 bits per heavy atom. The number of aliphatic hydroxyl groups excluding tert-OH is 1. The molecule has 1 amide bonds. The van der Waals surface area contributed by atoms with Gasteiger partial charge in [0.2, 0.25) is 5.91 Å². The molecule has 0 unspecified atom stereocenters. The summed E-state index contributed by atoms with van der Waals surface area (Å²) >= 11 is 0. The van der Waals surface area contributed by atoms with Crippen LogP contribution in [0.3, 0.4) is 0 Å². The van der Waals surface area contributed by atoms with Crippen molar-refractivity contribution in [3.8, 4) is 0 Å². The Labute approximate surface area is 111 Å². The number of rotatable bonds is 7. The van der Waals surface area contributed by atoms with Gasteiger partial charge in [-0.1, -0.05) is 6.07 Å². The minimum atomic E-state index is -0.693. The molecule has 0 saturated carbocycles. The molecule has 0 aliphatic carbocycles. The van der Waals surface area contributed by atoms with Gasteiger partial charge in [-0.3, -0.25) is 4.79 Å². The number of hydrogen-bond donors (Lipinski definition) is 1. The van der Waals surface area contributed by atoms with E-state index in [1.54, 1.807) is 7.05 Å². The molecule has 0 atom stereocenters. The lowest BCUT2D eigenvalue weighted by Gasteiger charge is -2.17. The molecule has 0 heterocycles. The van der Waals surface area contributed by atoms with Gasteiger partial charge in [0.25, 0.3) is 0 Å². The molecule has 0 radical (unpaired) electrons. The van der Waals surface area contributed by atoms with Crippen molar-refractivity contribution in [2.75, 3.05) is 20.2 Å². The number of carbonyl (C=O) groups is 1. The molecule has 1 aromatic carbocycles. The largest absolute Gasteiger partial charge is 0.396 e. The summed E-state index contributed by atoms with van der Waals surface area (Å²) in [6, 6.07) is 3.22. The second-order valence-electron chi connectivity index (χ2n) is 4.51. The fraction of sp³-hybridized carbons (Fsp3) is 0.500. The summed E-state index contributed by atoms with van der Waals surface area (Å²) in [5.41, 5.74) is 0.202. The number of aliphatic hydroxyl groups is 1. The third-order valence-corrected chi connectivity index (χ3v) is 2.93. The lowest BCUT2D eigenvalue weighted by Crippen LogP contribution is -2.29. The molecule has 1 rings (SSSR count). The average molecular weight is 271 g/mol. The Morgan fingerprint density at radius 1 is 1.26 bits per heavy atom. The molecule has 3 nitrogen and oxygen atoms in total. The molecule has 0 fully saturated rings. The van der Waals surface area contributed by atoms with E-state index in [9.17, 15) is 13.6 Å². The third kappa shape index (κ3) is 5.34. The summed E-state index contributed by atoms with van der Waals surface area (Å²) in [6.07, 6.45) is 2.30. The van der Waals surface area contributed by atoms with Crippen molar-refractivity contribution < 1.29 is 18.7 Å². The van der Waals surface area contributed by atoms with E-state index in [2.05, 4.69) is 0 Å². The molecule has 0 spiro atoms. The molecule has 106 valence electrons. The fourth-order valence-corrected chi connectivity index (χ4v) is 1.73. The third-order valence-electron chi connectivity index (χ3n) is 2.93. The first kappa shape index (κ1) is 15.6. The van der Waals surface area contributed by atoms with Crippen LogP contribution in [0, 0.1) is 11.6 Å². The highest BCUT2D eigenvalue weighted by atomic mass is 19.1. The van der Waals surface area contributed by atoms with Crippen LogP contribution in [0.15, 0.2) is 18.2 Å². The van der Waals surface area contributed by atoms with Crippen LogP contribution in [-0.2, 0) is 11.2 Å². The van der Waals surface area contributed by atoms with E-state index in [0.717, 1.165) is 25.0 Å². The molecule has 0 saturated heterocycles. The van der Waals surface area contributed by atoms with E-state index < -0.39 is 11.6 Å². The molecule has 19 heavy (non-hydrogen) atoms. The van der Waals surface area contributed by atoms with Crippen LogP contribution in [-0.4, -0.2) is 36.1 Å². The number of nitrogens with zero attached hydrogens (tertiary/aromatic N) is 1. The Kier molecular flexibility index (Phi) is 6.42. The lowest BCUT2D eigenvalue weighted by atomic mass is 10.1. The lowest BCUT2D eigenvalue weighted by molar-refractivity contribution is -0.129. The van der Waals surface area contributed by atoms with Crippen molar-refractivity contribution in [1.82, 2.24) is 4.90 Å². The summed E-state index contributed by atoms with van der Waals surface area (Å²) in [4.78, 5) is 13.4. The van der Waals surface area contributed by atoms with Crippen molar-refractivity contribution in [1.29, 1.82) is 0 Å². The minimum Gasteiger partial charge on any atom is -0.396 e. The molecule has 0 bridgehead atoms. The van der Waals surface area contributed by atoms with Crippen LogP contribution in [0.5, 0.6) is 0 Å². The van der Waals surface area contributed by atoms with Gasteiger partial charge in [0.05, 0.1) is 6.42 Å².